The van der Waals surface area contributed by atoms with Gasteiger partial charge in [-0.25, -0.2) is 0 Å². The summed E-state index contributed by atoms with van der Waals surface area (Å²) in [6.45, 7) is 2.54. The molecule has 0 unspecified atom stereocenters. The number of ether oxygens (including phenoxy) is 1. The number of para-hydroxylation sites is 2. The van der Waals surface area contributed by atoms with Crippen LogP contribution in [0.4, 0.5) is 5.69 Å². The fourth-order valence-electron chi connectivity index (χ4n) is 2.11. The third-order valence-electron chi connectivity index (χ3n) is 3.23. The van der Waals surface area contributed by atoms with E-state index in [0.29, 0.717) is 12.3 Å². The fourth-order valence-corrected chi connectivity index (χ4v) is 2.24. The van der Waals surface area contributed by atoms with Gasteiger partial charge in [0.2, 0.25) is 0 Å². The lowest BCUT2D eigenvalue weighted by atomic mass is 10.2. The summed E-state index contributed by atoms with van der Waals surface area (Å²) >= 11 is 5.88. The Hall–Kier alpha value is -1.71. The first-order valence-electron chi connectivity index (χ1n) is 7.05. The molecule has 0 aromatic heterocycles. The van der Waals surface area contributed by atoms with Crippen LogP contribution in [0.1, 0.15) is 12.0 Å². The van der Waals surface area contributed by atoms with Gasteiger partial charge < -0.3 is 15.4 Å². The van der Waals surface area contributed by atoms with Gasteiger partial charge in [0.15, 0.2) is 0 Å². The molecule has 2 aromatic carbocycles. The summed E-state index contributed by atoms with van der Waals surface area (Å²) < 4.78 is 5.68. The largest absolute Gasteiger partial charge is 0.491 e. The molecule has 0 saturated carbocycles. The first kappa shape index (κ1) is 15.7. The second-order valence-corrected chi connectivity index (χ2v) is 5.54. The molecule has 0 atom stereocenters. The van der Waals surface area contributed by atoms with Crippen LogP contribution in [0.3, 0.4) is 0 Å². The number of benzene rings is 2. The molecule has 21 heavy (non-hydrogen) atoms. The Morgan fingerprint density at radius 1 is 1.10 bits per heavy atom. The summed E-state index contributed by atoms with van der Waals surface area (Å²) in [6, 6.07) is 15.5. The zero-order chi connectivity index (χ0) is 15.1. The highest BCUT2D eigenvalue weighted by Crippen LogP contribution is 2.19. The van der Waals surface area contributed by atoms with Crippen molar-refractivity contribution in [1.82, 2.24) is 4.90 Å². The summed E-state index contributed by atoms with van der Waals surface area (Å²) in [4.78, 5) is 2.26. The summed E-state index contributed by atoms with van der Waals surface area (Å²) in [5.41, 5.74) is 7.78. The average Bonchev–Trinajstić information content (AvgIpc) is 2.48. The molecule has 2 rings (SSSR count). The number of anilines is 1. The monoisotopic (exact) mass is 304 g/mol. The number of nitrogens with zero attached hydrogens (tertiary/aromatic N) is 1. The van der Waals surface area contributed by atoms with Crippen molar-refractivity contribution in [2.75, 3.05) is 25.9 Å². The van der Waals surface area contributed by atoms with Gasteiger partial charge >= 0.3 is 0 Å². The quantitative estimate of drug-likeness (QED) is 0.624. The molecule has 0 saturated heterocycles. The van der Waals surface area contributed by atoms with Gasteiger partial charge in [-0.15, -0.1) is 0 Å². The van der Waals surface area contributed by atoms with Crippen LogP contribution in [-0.4, -0.2) is 25.1 Å². The number of nitrogens with two attached hydrogens (primary N) is 1. The first-order valence-corrected chi connectivity index (χ1v) is 7.43. The van der Waals surface area contributed by atoms with Crippen molar-refractivity contribution >= 4 is 17.3 Å². The van der Waals surface area contributed by atoms with Crippen LogP contribution in [0, 0.1) is 0 Å². The van der Waals surface area contributed by atoms with Crippen LogP contribution in [-0.2, 0) is 6.54 Å². The third kappa shape index (κ3) is 5.29. The highest BCUT2D eigenvalue weighted by atomic mass is 35.5. The first-order chi connectivity index (χ1) is 10.1. The van der Waals surface area contributed by atoms with Crippen LogP contribution in [0.2, 0.25) is 5.02 Å². The van der Waals surface area contributed by atoms with Gasteiger partial charge in [-0.2, -0.15) is 0 Å². The second-order valence-electron chi connectivity index (χ2n) is 5.10. The molecule has 4 heteroatoms. The molecule has 0 spiro atoms. The van der Waals surface area contributed by atoms with Gasteiger partial charge in [-0.1, -0.05) is 35.9 Å². The molecule has 0 aliphatic rings. The maximum Gasteiger partial charge on any atom is 0.142 e. The minimum atomic E-state index is 0.666. The lowest BCUT2D eigenvalue weighted by Crippen LogP contribution is -2.20. The maximum absolute atomic E-state index is 5.88. The molecule has 0 heterocycles. The average molecular weight is 305 g/mol. The molecule has 2 aromatic rings. The molecular formula is C17H21ClN2O. The molecule has 0 aliphatic carbocycles. The molecule has 2 N–H and O–H groups in total. The number of hydrogen-bond donors (Lipinski definition) is 1. The van der Waals surface area contributed by atoms with Gasteiger partial charge in [0, 0.05) is 18.1 Å². The van der Waals surface area contributed by atoms with Crippen LogP contribution in [0.25, 0.3) is 0 Å². The Bertz CT molecular complexity index is 557. The van der Waals surface area contributed by atoms with E-state index in [1.54, 1.807) is 0 Å². The van der Waals surface area contributed by atoms with E-state index in [4.69, 9.17) is 22.1 Å². The third-order valence-corrected chi connectivity index (χ3v) is 3.48. The molecular weight excluding hydrogens is 284 g/mol. The highest BCUT2D eigenvalue weighted by molar-refractivity contribution is 6.30. The summed E-state index contributed by atoms with van der Waals surface area (Å²) in [5, 5.41) is 0.773. The Morgan fingerprint density at radius 3 is 2.52 bits per heavy atom. The molecule has 112 valence electrons. The molecule has 0 amide bonds. The number of hydrogen-bond acceptors (Lipinski definition) is 3. The minimum absolute atomic E-state index is 0.666. The van der Waals surface area contributed by atoms with Crippen molar-refractivity contribution in [2.24, 2.45) is 0 Å². The topological polar surface area (TPSA) is 38.5 Å². The summed E-state index contributed by atoms with van der Waals surface area (Å²) in [7, 11) is 2.10. The predicted molar refractivity (Wildman–Crippen MR) is 88.8 cm³/mol. The SMILES string of the molecule is CN(CCCOc1ccccc1N)Cc1ccc(Cl)cc1. The van der Waals surface area contributed by atoms with Gasteiger partial charge in [-0.05, 0) is 43.3 Å². The Labute approximate surface area is 131 Å². The highest BCUT2D eigenvalue weighted by Gasteiger charge is 2.02. The Morgan fingerprint density at radius 2 is 1.81 bits per heavy atom. The van der Waals surface area contributed by atoms with Crippen LogP contribution < -0.4 is 10.5 Å². The van der Waals surface area contributed by atoms with Crippen molar-refractivity contribution in [3.05, 3.63) is 59.1 Å². The smallest absolute Gasteiger partial charge is 0.142 e. The molecule has 3 nitrogen and oxygen atoms in total. The Kier molecular flexibility index (Phi) is 5.90. The number of rotatable bonds is 7. The Balaban J connectivity index is 1.68. The number of nitrogen functional groups attached to an aromatic ring is 1. The number of halogens is 1. The van der Waals surface area contributed by atoms with Crippen LogP contribution >= 0.6 is 11.6 Å². The predicted octanol–water partition coefficient (Wildman–Crippen LogP) is 3.82. The molecule has 0 aliphatic heterocycles. The van der Waals surface area contributed by atoms with E-state index in [0.717, 1.165) is 30.3 Å². The normalized spacial score (nSPS) is 10.8. The van der Waals surface area contributed by atoms with Gasteiger partial charge in [0.05, 0.1) is 12.3 Å². The van der Waals surface area contributed by atoms with E-state index in [1.165, 1.54) is 5.56 Å². The van der Waals surface area contributed by atoms with Crippen LogP contribution in [0.5, 0.6) is 5.75 Å². The second kappa shape index (κ2) is 7.91. The molecule has 0 radical (unpaired) electrons. The van der Waals surface area contributed by atoms with E-state index in [-0.39, 0.29) is 0 Å². The van der Waals surface area contributed by atoms with Crippen molar-refractivity contribution in [3.63, 3.8) is 0 Å². The van der Waals surface area contributed by atoms with Crippen LogP contribution in [0.15, 0.2) is 48.5 Å². The summed E-state index contributed by atoms with van der Waals surface area (Å²) in [5.74, 6) is 0.762. The zero-order valence-electron chi connectivity index (χ0n) is 12.3. The van der Waals surface area contributed by atoms with Gasteiger partial charge in [-0.3, -0.25) is 0 Å². The standard InChI is InChI=1S/C17H21ClN2O/c1-20(13-14-7-9-15(18)10-8-14)11-4-12-21-17-6-3-2-5-16(17)19/h2-3,5-10H,4,11-13,19H2,1H3. The minimum Gasteiger partial charge on any atom is -0.491 e. The van der Waals surface area contributed by atoms with E-state index in [1.807, 2.05) is 36.4 Å². The van der Waals surface area contributed by atoms with E-state index in [9.17, 15) is 0 Å². The van der Waals surface area contributed by atoms with Crippen molar-refractivity contribution in [1.29, 1.82) is 0 Å². The summed E-state index contributed by atoms with van der Waals surface area (Å²) in [6.07, 6.45) is 0.957. The van der Waals surface area contributed by atoms with E-state index in [2.05, 4.69) is 24.1 Å². The lowest BCUT2D eigenvalue weighted by molar-refractivity contribution is 0.259. The molecule has 0 bridgehead atoms. The lowest BCUT2D eigenvalue weighted by Gasteiger charge is -2.17. The van der Waals surface area contributed by atoms with Crippen molar-refractivity contribution in [2.45, 2.75) is 13.0 Å². The fraction of sp³-hybridized carbons (Fsp3) is 0.294. The van der Waals surface area contributed by atoms with Crippen molar-refractivity contribution < 1.29 is 4.74 Å². The zero-order valence-corrected chi connectivity index (χ0v) is 13.0. The van der Waals surface area contributed by atoms with Crippen molar-refractivity contribution in [3.8, 4) is 5.75 Å². The van der Waals surface area contributed by atoms with Gasteiger partial charge in [0.1, 0.15) is 5.75 Å². The maximum atomic E-state index is 5.88. The molecule has 0 fully saturated rings. The van der Waals surface area contributed by atoms with E-state index >= 15 is 0 Å². The van der Waals surface area contributed by atoms with E-state index < -0.39 is 0 Å². The van der Waals surface area contributed by atoms with Gasteiger partial charge in [0.25, 0.3) is 0 Å².